The Morgan fingerprint density at radius 1 is 1.24 bits per heavy atom. The topological polar surface area (TPSA) is 69.6 Å². The highest BCUT2D eigenvalue weighted by Crippen LogP contribution is 2.36. The third-order valence-electron chi connectivity index (χ3n) is 5.72. The first-order valence-electron chi connectivity index (χ1n) is 11.1. The van der Waals surface area contributed by atoms with Crippen molar-refractivity contribution < 1.29 is 15.0 Å². The van der Waals surface area contributed by atoms with E-state index in [9.17, 15) is 15.0 Å². The van der Waals surface area contributed by atoms with Gasteiger partial charge >= 0.3 is 0 Å². The van der Waals surface area contributed by atoms with Crippen LogP contribution in [-0.4, -0.2) is 34.9 Å². The molecule has 0 heterocycles. The SMILES string of the molecule is CCNC(=O)CCC/C=C\C[C@@H]1C(/C=C/[C@@H](O)CCc2ccccc2)CC[C@@H]1O. The molecule has 29 heavy (non-hydrogen) atoms. The predicted molar refractivity (Wildman–Crippen MR) is 118 cm³/mol. The Hall–Kier alpha value is -1.91. The summed E-state index contributed by atoms with van der Waals surface area (Å²) in [6, 6.07) is 10.2. The van der Waals surface area contributed by atoms with Crippen molar-refractivity contribution in [1.29, 1.82) is 0 Å². The van der Waals surface area contributed by atoms with Crippen LogP contribution in [0.25, 0.3) is 0 Å². The van der Waals surface area contributed by atoms with Crippen molar-refractivity contribution in [2.75, 3.05) is 6.54 Å². The molecule has 1 fully saturated rings. The number of benzene rings is 1. The van der Waals surface area contributed by atoms with E-state index in [1.165, 1.54) is 5.56 Å². The van der Waals surface area contributed by atoms with Crippen LogP contribution in [0, 0.1) is 11.8 Å². The highest BCUT2D eigenvalue weighted by atomic mass is 16.3. The number of hydrogen-bond donors (Lipinski definition) is 3. The van der Waals surface area contributed by atoms with Gasteiger partial charge in [-0.05, 0) is 69.3 Å². The zero-order valence-corrected chi connectivity index (χ0v) is 17.7. The number of rotatable bonds is 12. The fourth-order valence-corrected chi connectivity index (χ4v) is 4.01. The van der Waals surface area contributed by atoms with Crippen LogP contribution in [0.3, 0.4) is 0 Å². The van der Waals surface area contributed by atoms with Crippen LogP contribution in [0.1, 0.15) is 57.4 Å². The van der Waals surface area contributed by atoms with Gasteiger partial charge in [0.2, 0.25) is 5.91 Å². The van der Waals surface area contributed by atoms with Crippen LogP contribution in [0.15, 0.2) is 54.6 Å². The van der Waals surface area contributed by atoms with E-state index < -0.39 is 6.10 Å². The molecule has 4 atom stereocenters. The number of amides is 1. The smallest absolute Gasteiger partial charge is 0.219 e. The molecule has 2 rings (SSSR count). The molecule has 1 unspecified atom stereocenters. The van der Waals surface area contributed by atoms with E-state index in [2.05, 4.69) is 35.7 Å². The number of aliphatic hydroxyl groups excluding tert-OH is 2. The number of hydrogen-bond acceptors (Lipinski definition) is 3. The zero-order valence-electron chi connectivity index (χ0n) is 17.7. The summed E-state index contributed by atoms with van der Waals surface area (Å²) in [7, 11) is 0. The Balaban J connectivity index is 1.71. The van der Waals surface area contributed by atoms with E-state index in [1.54, 1.807) is 0 Å². The summed E-state index contributed by atoms with van der Waals surface area (Å²) in [5.74, 6) is 0.645. The maximum Gasteiger partial charge on any atom is 0.219 e. The van der Waals surface area contributed by atoms with Crippen LogP contribution in [0.2, 0.25) is 0 Å². The molecule has 0 spiro atoms. The highest BCUT2D eigenvalue weighted by molar-refractivity contribution is 5.75. The normalized spacial score (nSPS) is 23.1. The Morgan fingerprint density at radius 2 is 2.03 bits per heavy atom. The van der Waals surface area contributed by atoms with Gasteiger partial charge in [-0.3, -0.25) is 4.79 Å². The van der Waals surface area contributed by atoms with Gasteiger partial charge in [-0.1, -0.05) is 54.6 Å². The third kappa shape index (κ3) is 8.97. The molecule has 0 aromatic heterocycles. The van der Waals surface area contributed by atoms with Crippen LogP contribution in [-0.2, 0) is 11.2 Å². The number of unbranched alkanes of at least 4 members (excludes halogenated alkanes) is 1. The molecule has 0 bridgehead atoms. The molecule has 1 aliphatic rings. The van der Waals surface area contributed by atoms with Gasteiger partial charge in [0.1, 0.15) is 0 Å². The summed E-state index contributed by atoms with van der Waals surface area (Å²) in [6.45, 7) is 2.61. The van der Waals surface area contributed by atoms with Gasteiger partial charge in [0.05, 0.1) is 12.2 Å². The summed E-state index contributed by atoms with van der Waals surface area (Å²) in [4.78, 5) is 11.4. The van der Waals surface area contributed by atoms with Gasteiger partial charge in [-0.15, -0.1) is 0 Å². The van der Waals surface area contributed by atoms with Crippen molar-refractivity contribution in [3.05, 3.63) is 60.2 Å². The Labute approximate surface area is 175 Å². The van der Waals surface area contributed by atoms with Gasteiger partial charge in [0.15, 0.2) is 0 Å². The Kier molecular flexibility index (Phi) is 10.7. The first kappa shape index (κ1) is 23.4. The summed E-state index contributed by atoms with van der Waals surface area (Å²) < 4.78 is 0. The minimum absolute atomic E-state index is 0.114. The number of carbonyl (C=O) groups is 1. The fourth-order valence-electron chi connectivity index (χ4n) is 4.01. The zero-order chi connectivity index (χ0) is 20.9. The molecular formula is C25H37NO3. The van der Waals surface area contributed by atoms with Crippen LogP contribution in [0.4, 0.5) is 0 Å². The molecular weight excluding hydrogens is 362 g/mol. The lowest BCUT2D eigenvalue weighted by atomic mass is 9.90. The van der Waals surface area contributed by atoms with E-state index >= 15 is 0 Å². The number of carbonyl (C=O) groups excluding carboxylic acids is 1. The first-order chi connectivity index (χ1) is 14.1. The van der Waals surface area contributed by atoms with Crippen molar-refractivity contribution in [3.8, 4) is 0 Å². The number of aryl methyl sites for hydroxylation is 1. The predicted octanol–water partition coefficient (Wildman–Crippen LogP) is 4.18. The van der Waals surface area contributed by atoms with Crippen LogP contribution >= 0.6 is 0 Å². The number of nitrogens with one attached hydrogen (secondary N) is 1. The van der Waals surface area contributed by atoms with Crippen LogP contribution < -0.4 is 5.32 Å². The Bertz CT molecular complexity index is 641. The molecule has 1 aliphatic carbocycles. The molecule has 1 saturated carbocycles. The average Bonchev–Trinajstić information content (AvgIpc) is 3.08. The maximum atomic E-state index is 11.4. The van der Waals surface area contributed by atoms with Crippen molar-refractivity contribution >= 4 is 5.91 Å². The van der Waals surface area contributed by atoms with Crippen molar-refractivity contribution in [3.63, 3.8) is 0 Å². The summed E-state index contributed by atoms with van der Waals surface area (Å²) in [5, 5.41) is 23.4. The molecule has 1 aromatic rings. The molecule has 4 heteroatoms. The number of aliphatic hydroxyl groups is 2. The fraction of sp³-hybridized carbons (Fsp3) is 0.560. The van der Waals surface area contributed by atoms with Crippen molar-refractivity contribution in [2.24, 2.45) is 11.8 Å². The molecule has 4 nitrogen and oxygen atoms in total. The lowest BCUT2D eigenvalue weighted by Gasteiger charge is -2.18. The van der Waals surface area contributed by atoms with Gasteiger partial charge < -0.3 is 15.5 Å². The second-order valence-electron chi connectivity index (χ2n) is 8.00. The molecule has 0 radical (unpaired) electrons. The molecule has 0 aliphatic heterocycles. The molecule has 1 aromatic carbocycles. The van der Waals surface area contributed by atoms with E-state index in [-0.39, 0.29) is 17.9 Å². The van der Waals surface area contributed by atoms with Gasteiger partial charge in [-0.2, -0.15) is 0 Å². The third-order valence-corrected chi connectivity index (χ3v) is 5.72. The Morgan fingerprint density at radius 3 is 2.79 bits per heavy atom. The highest BCUT2D eigenvalue weighted by Gasteiger charge is 2.32. The molecule has 3 N–H and O–H groups in total. The summed E-state index contributed by atoms with van der Waals surface area (Å²) in [5.41, 5.74) is 1.24. The van der Waals surface area contributed by atoms with Crippen molar-refractivity contribution in [1.82, 2.24) is 5.32 Å². The van der Waals surface area contributed by atoms with Gasteiger partial charge in [-0.25, -0.2) is 0 Å². The molecule has 1 amide bonds. The van der Waals surface area contributed by atoms with E-state index in [0.29, 0.717) is 25.3 Å². The van der Waals surface area contributed by atoms with E-state index in [0.717, 1.165) is 38.5 Å². The largest absolute Gasteiger partial charge is 0.393 e. The minimum Gasteiger partial charge on any atom is -0.393 e. The molecule has 160 valence electrons. The second kappa shape index (κ2) is 13.3. The summed E-state index contributed by atoms with van der Waals surface area (Å²) in [6.07, 6.45) is 14.1. The average molecular weight is 400 g/mol. The minimum atomic E-state index is -0.446. The first-order valence-corrected chi connectivity index (χ1v) is 11.1. The van der Waals surface area contributed by atoms with E-state index in [1.807, 2.05) is 31.2 Å². The second-order valence-corrected chi connectivity index (χ2v) is 8.00. The lowest BCUT2D eigenvalue weighted by molar-refractivity contribution is -0.121. The summed E-state index contributed by atoms with van der Waals surface area (Å²) >= 11 is 0. The van der Waals surface area contributed by atoms with Gasteiger partial charge in [0.25, 0.3) is 0 Å². The van der Waals surface area contributed by atoms with Gasteiger partial charge in [0, 0.05) is 13.0 Å². The van der Waals surface area contributed by atoms with E-state index in [4.69, 9.17) is 0 Å². The van der Waals surface area contributed by atoms with Crippen LogP contribution in [0.5, 0.6) is 0 Å². The lowest BCUT2D eigenvalue weighted by Crippen LogP contribution is -2.21. The number of allylic oxidation sites excluding steroid dienone is 3. The maximum absolute atomic E-state index is 11.4. The standard InChI is InChI=1S/C25H37NO3/c1-2-26-25(29)13-9-4-3-8-12-23-21(16-19-24(23)28)15-18-22(27)17-14-20-10-6-5-7-11-20/h3,5-8,10-11,15,18,21-24,27-28H,2,4,9,12-14,16-17,19H2,1H3,(H,26,29)/b8-3-,18-15+/t21?,22-,23+,24-/m0/s1. The monoisotopic (exact) mass is 399 g/mol. The van der Waals surface area contributed by atoms with Crippen molar-refractivity contribution in [2.45, 2.75) is 70.5 Å². The molecule has 0 saturated heterocycles. The quantitative estimate of drug-likeness (QED) is 0.365.